The molecule has 0 unspecified atom stereocenters. The van der Waals surface area contributed by atoms with Gasteiger partial charge in [0.1, 0.15) is 0 Å². The van der Waals surface area contributed by atoms with Crippen molar-refractivity contribution in [1.82, 2.24) is 0 Å². The average molecular weight is 298 g/mol. The van der Waals surface area contributed by atoms with Crippen molar-refractivity contribution in [2.75, 3.05) is 6.61 Å². The van der Waals surface area contributed by atoms with E-state index >= 15 is 0 Å². The average Bonchev–Trinajstić information content (AvgIpc) is 1.64. The number of halogens is 3. The Kier molecular flexibility index (Phi) is 4.63. The number of carbonyl (C=O) groups is 1. The zero-order chi connectivity index (χ0) is 7.49. The second-order valence-electron chi connectivity index (χ2n) is 1.22. The molecule has 0 aromatic heterocycles. The van der Waals surface area contributed by atoms with Gasteiger partial charge in [0.05, 0.1) is 0 Å². The first-order valence-electron chi connectivity index (χ1n) is 2.22. The van der Waals surface area contributed by atoms with Gasteiger partial charge in [-0.05, 0) is 0 Å². The van der Waals surface area contributed by atoms with Gasteiger partial charge in [-0.15, -0.1) is 0 Å². The van der Waals surface area contributed by atoms with Crippen LogP contribution < -0.4 is 0 Å². The molecule has 0 aliphatic rings. The van der Waals surface area contributed by atoms with Gasteiger partial charge in [-0.25, -0.2) is 0 Å². The summed E-state index contributed by atoms with van der Waals surface area (Å²) < 4.78 is 3.84. The monoisotopic (exact) mass is 298 g/mol. The van der Waals surface area contributed by atoms with Crippen LogP contribution in [0.5, 0.6) is 0 Å². The van der Waals surface area contributed by atoms with Gasteiger partial charge in [-0.3, -0.25) is 0 Å². The number of rotatable bonds is 2. The summed E-state index contributed by atoms with van der Waals surface area (Å²) >= 11 is -3.89. The van der Waals surface area contributed by atoms with E-state index in [4.69, 9.17) is 26.8 Å². The normalized spacial score (nSPS) is 11.1. The van der Waals surface area contributed by atoms with Crippen molar-refractivity contribution in [2.24, 2.45) is 0 Å². The molecule has 0 amide bonds. The Morgan fingerprint density at radius 1 is 1.56 bits per heavy atom. The maximum absolute atomic E-state index is 10.5. The van der Waals surface area contributed by atoms with E-state index in [0.29, 0.717) is 0 Å². The van der Waals surface area contributed by atoms with Crippen LogP contribution >= 0.6 is 26.8 Å². The first-order chi connectivity index (χ1) is 3.98. The van der Waals surface area contributed by atoms with Crippen LogP contribution in [-0.2, 0) is 4.74 Å². The molecule has 0 aliphatic carbocycles. The fraction of sp³-hybridized carbons (Fsp3) is 0.667. The van der Waals surface area contributed by atoms with E-state index in [1.165, 1.54) is 0 Å². The summed E-state index contributed by atoms with van der Waals surface area (Å²) in [6, 6.07) is 0. The van der Waals surface area contributed by atoms with Crippen molar-refractivity contribution < 1.29 is 9.53 Å². The predicted molar refractivity (Wildman–Crippen MR) is 40.3 cm³/mol. The summed E-state index contributed by atoms with van der Waals surface area (Å²) in [5, 5.41) is 0. The molecule has 0 aromatic carbocycles. The van der Waals surface area contributed by atoms with Crippen molar-refractivity contribution in [1.29, 1.82) is 0 Å². The molecule has 0 radical (unpaired) electrons. The third kappa shape index (κ3) is 4.53. The van der Waals surface area contributed by atoms with Crippen LogP contribution in [0.25, 0.3) is 0 Å². The van der Waals surface area contributed by atoms with Gasteiger partial charge in [0.2, 0.25) is 0 Å². The number of carbonyl (C=O) groups excluding carboxylic acids is 1. The van der Waals surface area contributed by atoms with Crippen molar-refractivity contribution >= 4 is 45.7 Å². The van der Waals surface area contributed by atoms with Crippen LogP contribution in [0.2, 0.25) is 0 Å². The Bertz CT molecular complexity index is 110. The molecule has 0 bridgehead atoms. The Morgan fingerprint density at radius 3 is 2.11 bits per heavy atom. The summed E-state index contributed by atoms with van der Waals surface area (Å²) in [6.07, 6.45) is 0. The molecule has 0 rings (SSSR count). The molecule has 0 N–H and O–H groups in total. The van der Waals surface area contributed by atoms with E-state index in [-0.39, 0.29) is 6.61 Å². The fourth-order valence-electron chi connectivity index (χ4n) is 0.213. The second-order valence-corrected chi connectivity index (χ2v) is 20.5. The third-order valence-electron chi connectivity index (χ3n) is 0.507. The first-order valence-corrected chi connectivity index (χ1v) is 14.5. The van der Waals surface area contributed by atoms with Crippen LogP contribution in [-0.4, -0.2) is 25.6 Å². The SMILES string of the molecule is CCO[C](=O)[Sn]([Cl])([Cl])[Cl]. The molecule has 54 valence electrons. The topological polar surface area (TPSA) is 26.3 Å². The van der Waals surface area contributed by atoms with E-state index in [2.05, 4.69) is 4.74 Å². The maximum atomic E-state index is 10.5. The third-order valence-corrected chi connectivity index (χ3v) is 5.35. The van der Waals surface area contributed by atoms with Gasteiger partial charge in [0.15, 0.2) is 0 Å². The molecule has 0 saturated carbocycles. The minimum absolute atomic E-state index is 0.268. The Labute approximate surface area is 68.4 Å². The van der Waals surface area contributed by atoms with Crippen LogP contribution in [0.4, 0.5) is 4.79 Å². The summed E-state index contributed by atoms with van der Waals surface area (Å²) in [7, 11) is 16.0. The summed E-state index contributed by atoms with van der Waals surface area (Å²) in [4.78, 5) is 10.5. The quantitative estimate of drug-likeness (QED) is 0.732. The molecular weight excluding hydrogens is 293 g/mol. The predicted octanol–water partition coefficient (Wildman–Crippen LogP) is 2.38. The summed E-state index contributed by atoms with van der Waals surface area (Å²) in [6.45, 7) is 1.93. The molecule has 0 spiro atoms. The van der Waals surface area contributed by atoms with Crippen molar-refractivity contribution in [3.05, 3.63) is 0 Å². The van der Waals surface area contributed by atoms with Crippen LogP contribution in [0.3, 0.4) is 0 Å². The van der Waals surface area contributed by atoms with Gasteiger partial charge in [-0.2, -0.15) is 0 Å². The standard InChI is InChI=1S/C3H5O2.3ClH.Sn/c1-2-5-3-4;;;;/h2H2,1H3;3*1H;/q;;;;+3/p-3. The summed E-state index contributed by atoms with van der Waals surface area (Å²) in [5.41, 5.74) is 0. The van der Waals surface area contributed by atoms with Crippen LogP contribution in [0, 0.1) is 0 Å². The molecule has 9 heavy (non-hydrogen) atoms. The molecule has 6 heteroatoms. The Morgan fingerprint density at radius 2 is 2.00 bits per heavy atom. The first kappa shape index (κ1) is 10.1. The van der Waals surface area contributed by atoms with Crippen LogP contribution in [0.15, 0.2) is 0 Å². The van der Waals surface area contributed by atoms with E-state index in [1.807, 2.05) is 0 Å². The van der Waals surface area contributed by atoms with Gasteiger partial charge < -0.3 is 0 Å². The van der Waals surface area contributed by atoms with Crippen LogP contribution in [0.1, 0.15) is 6.92 Å². The molecule has 2 nitrogen and oxygen atoms in total. The van der Waals surface area contributed by atoms with Gasteiger partial charge in [0.25, 0.3) is 0 Å². The van der Waals surface area contributed by atoms with Gasteiger partial charge in [-0.1, -0.05) is 0 Å². The zero-order valence-electron chi connectivity index (χ0n) is 4.66. The molecule has 0 heterocycles. The fourth-order valence-corrected chi connectivity index (χ4v) is 2.19. The van der Waals surface area contributed by atoms with E-state index in [9.17, 15) is 4.79 Å². The van der Waals surface area contributed by atoms with E-state index < -0.39 is 19.0 Å². The molecule has 0 aliphatic heterocycles. The zero-order valence-corrected chi connectivity index (χ0v) is 9.78. The minimum atomic E-state index is -3.89. The molecule has 0 saturated heterocycles. The molecule has 0 atom stereocenters. The second kappa shape index (κ2) is 4.11. The van der Waals surface area contributed by atoms with Gasteiger partial charge in [0, 0.05) is 0 Å². The molecule has 0 aromatic rings. The van der Waals surface area contributed by atoms with Gasteiger partial charge >= 0.3 is 68.8 Å². The molecule has 0 fully saturated rings. The van der Waals surface area contributed by atoms with E-state index in [0.717, 1.165) is 0 Å². The van der Waals surface area contributed by atoms with E-state index in [1.54, 1.807) is 6.92 Å². The van der Waals surface area contributed by atoms with Crippen molar-refractivity contribution in [2.45, 2.75) is 6.92 Å². The molecular formula is C3H5Cl3O2Sn. The van der Waals surface area contributed by atoms with Crippen molar-refractivity contribution in [3.63, 3.8) is 0 Å². The number of ether oxygens (including phenoxy) is 1. The number of hydrogen-bond acceptors (Lipinski definition) is 2. The summed E-state index contributed by atoms with van der Waals surface area (Å²) in [5.74, 6) is 0. The Balaban J connectivity index is 3.74. The van der Waals surface area contributed by atoms with Crippen molar-refractivity contribution in [3.8, 4) is 0 Å². The Hall–Kier alpha value is 1.14. The number of hydrogen-bond donors (Lipinski definition) is 0.